The predicted molar refractivity (Wildman–Crippen MR) is 51.6 cm³/mol. The van der Waals surface area contributed by atoms with Crippen LogP contribution in [0.5, 0.6) is 0 Å². The Bertz CT molecular complexity index is 132. The molecule has 0 unspecified atom stereocenters. The quantitative estimate of drug-likeness (QED) is 0.695. The minimum Gasteiger partial charge on any atom is -0.481 e. The lowest BCUT2D eigenvalue weighted by molar-refractivity contribution is -0.142. The monoisotopic (exact) mass is 192 g/mol. The number of aliphatic carboxylic acids is 1. The lowest BCUT2D eigenvalue weighted by Crippen LogP contribution is -2.00. The molecule has 0 bridgehead atoms. The molecule has 80 valence electrons. The maximum atomic E-state index is 10.2. The van der Waals surface area contributed by atoms with Crippen LogP contribution in [0.2, 0.25) is 0 Å². The predicted octanol–water partition coefficient (Wildman–Crippen LogP) is 2.08. The Hall–Kier alpha value is -1.06. The summed E-state index contributed by atoms with van der Waals surface area (Å²) in [6.07, 6.45) is 0.702. The molecule has 0 aliphatic carbocycles. The van der Waals surface area contributed by atoms with Gasteiger partial charge in [-0.05, 0) is 6.92 Å². The van der Waals surface area contributed by atoms with Gasteiger partial charge in [0.05, 0.1) is 6.61 Å². The SMILES string of the molecule is C.CCC(=O)O.CCOC(=O)CC. The zero-order valence-corrected chi connectivity index (χ0v) is 7.79. The van der Waals surface area contributed by atoms with E-state index in [0.717, 1.165) is 0 Å². The molecule has 0 aliphatic rings. The highest BCUT2D eigenvalue weighted by Gasteiger charge is 1.91. The minimum absolute atomic E-state index is 0. The maximum Gasteiger partial charge on any atom is 0.305 e. The van der Waals surface area contributed by atoms with Crippen LogP contribution in [-0.4, -0.2) is 23.7 Å². The van der Waals surface area contributed by atoms with Crippen molar-refractivity contribution in [2.24, 2.45) is 0 Å². The number of esters is 1. The van der Waals surface area contributed by atoms with Gasteiger partial charge in [0.2, 0.25) is 0 Å². The molecule has 0 saturated heterocycles. The van der Waals surface area contributed by atoms with Gasteiger partial charge in [0.1, 0.15) is 0 Å². The van der Waals surface area contributed by atoms with Crippen LogP contribution < -0.4 is 0 Å². The van der Waals surface area contributed by atoms with Crippen LogP contribution in [0, 0.1) is 0 Å². The van der Waals surface area contributed by atoms with Crippen molar-refractivity contribution in [2.75, 3.05) is 6.61 Å². The smallest absolute Gasteiger partial charge is 0.305 e. The number of carboxylic acid groups (broad SMARTS) is 1. The van der Waals surface area contributed by atoms with Gasteiger partial charge >= 0.3 is 11.9 Å². The molecule has 0 radical (unpaired) electrons. The Kier molecular flexibility index (Phi) is 18.6. The first-order valence-corrected chi connectivity index (χ1v) is 3.95. The third-order valence-corrected chi connectivity index (χ3v) is 0.896. The summed E-state index contributed by atoms with van der Waals surface area (Å²) in [5, 5.41) is 7.72. The van der Waals surface area contributed by atoms with Crippen LogP contribution >= 0.6 is 0 Å². The Morgan fingerprint density at radius 1 is 1.15 bits per heavy atom. The number of rotatable bonds is 3. The number of ether oxygens (including phenoxy) is 1. The zero-order valence-electron chi connectivity index (χ0n) is 7.79. The Labute approximate surface area is 79.9 Å². The van der Waals surface area contributed by atoms with Gasteiger partial charge in [0, 0.05) is 12.8 Å². The first kappa shape index (κ1) is 17.9. The third kappa shape index (κ3) is 24.8. The number of hydrogen-bond donors (Lipinski definition) is 1. The maximum absolute atomic E-state index is 10.2. The summed E-state index contributed by atoms with van der Waals surface area (Å²) < 4.78 is 4.55. The average Bonchev–Trinajstić information content (AvgIpc) is 2.06. The standard InChI is InChI=1S/C5H10O2.C3H6O2.CH4/c1-3-5(6)7-4-2;1-2-3(4)5;/h3-4H2,1-2H3;2H2,1H3,(H,4,5);1H4. The number of carboxylic acids is 1. The van der Waals surface area contributed by atoms with Gasteiger partial charge < -0.3 is 9.84 Å². The van der Waals surface area contributed by atoms with Gasteiger partial charge in [-0.15, -0.1) is 0 Å². The van der Waals surface area contributed by atoms with E-state index < -0.39 is 5.97 Å². The molecule has 4 heteroatoms. The van der Waals surface area contributed by atoms with Crippen molar-refractivity contribution < 1.29 is 19.4 Å². The fourth-order valence-electron chi connectivity index (χ4n) is 0.263. The molecular weight excluding hydrogens is 172 g/mol. The fraction of sp³-hybridized carbons (Fsp3) is 0.778. The molecule has 0 spiro atoms. The molecule has 4 nitrogen and oxygen atoms in total. The summed E-state index contributed by atoms with van der Waals surface area (Å²) in [7, 11) is 0. The summed E-state index contributed by atoms with van der Waals surface area (Å²) in [5.74, 6) is -0.868. The molecule has 0 aromatic rings. The Morgan fingerprint density at radius 3 is 1.62 bits per heavy atom. The first-order chi connectivity index (χ1) is 5.58. The molecule has 0 aromatic heterocycles. The van der Waals surface area contributed by atoms with E-state index in [9.17, 15) is 9.59 Å². The van der Waals surface area contributed by atoms with Crippen LogP contribution in [0.25, 0.3) is 0 Å². The molecule has 0 amide bonds. The normalized spacial score (nSPS) is 7.31. The van der Waals surface area contributed by atoms with E-state index in [0.29, 0.717) is 13.0 Å². The van der Waals surface area contributed by atoms with E-state index in [1.54, 1.807) is 20.8 Å². The van der Waals surface area contributed by atoms with Crippen LogP contribution in [0.4, 0.5) is 0 Å². The molecule has 0 fully saturated rings. The van der Waals surface area contributed by atoms with E-state index in [4.69, 9.17) is 5.11 Å². The third-order valence-electron chi connectivity index (χ3n) is 0.896. The van der Waals surface area contributed by atoms with Crippen molar-refractivity contribution in [2.45, 2.75) is 41.0 Å². The number of carbonyl (C=O) groups is 2. The molecule has 1 N–H and O–H groups in total. The topological polar surface area (TPSA) is 63.6 Å². The molecule has 0 aliphatic heterocycles. The Balaban J connectivity index is -0.000000150. The molecule has 0 rings (SSSR count). The molecule has 0 aromatic carbocycles. The second-order valence-corrected chi connectivity index (χ2v) is 1.91. The van der Waals surface area contributed by atoms with Gasteiger partial charge in [-0.25, -0.2) is 0 Å². The van der Waals surface area contributed by atoms with E-state index in [-0.39, 0.29) is 19.8 Å². The van der Waals surface area contributed by atoms with Crippen molar-refractivity contribution in [1.29, 1.82) is 0 Å². The van der Waals surface area contributed by atoms with E-state index in [1.807, 2.05) is 0 Å². The van der Waals surface area contributed by atoms with Gasteiger partial charge in [0.25, 0.3) is 0 Å². The highest BCUT2D eigenvalue weighted by Crippen LogP contribution is 1.80. The molecule has 0 atom stereocenters. The molecule has 0 saturated carbocycles. The lowest BCUT2D eigenvalue weighted by Gasteiger charge is -1.93. The van der Waals surface area contributed by atoms with Crippen molar-refractivity contribution in [3.63, 3.8) is 0 Å². The molecular formula is C9H20O4. The van der Waals surface area contributed by atoms with E-state index in [2.05, 4.69) is 4.74 Å². The van der Waals surface area contributed by atoms with Crippen molar-refractivity contribution in [3.8, 4) is 0 Å². The van der Waals surface area contributed by atoms with Crippen LogP contribution in [-0.2, 0) is 14.3 Å². The van der Waals surface area contributed by atoms with Crippen molar-refractivity contribution >= 4 is 11.9 Å². The second-order valence-electron chi connectivity index (χ2n) is 1.91. The largest absolute Gasteiger partial charge is 0.481 e. The zero-order chi connectivity index (χ0) is 9.98. The van der Waals surface area contributed by atoms with Crippen LogP contribution in [0.3, 0.4) is 0 Å². The summed E-state index contributed by atoms with van der Waals surface area (Å²) >= 11 is 0. The van der Waals surface area contributed by atoms with Crippen LogP contribution in [0.1, 0.15) is 41.0 Å². The number of hydrogen-bond acceptors (Lipinski definition) is 3. The molecule has 0 heterocycles. The van der Waals surface area contributed by atoms with Gasteiger partial charge in [-0.2, -0.15) is 0 Å². The summed E-state index contributed by atoms with van der Waals surface area (Å²) in [6.45, 7) is 5.67. The summed E-state index contributed by atoms with van der Waals surface area (Å²) in [5.41, 5.74) is 0. The Morgan fingerprint density at radius 2 is 1.54 bits per heavy atom. The van der Waals surface area contributed by atoms with E-state index in [1.165, 1.54) is 0 Å². The highest BCUT2D eigenvalue weighted by molar-refractivity contribution is 5.68. The average molecular weight is 192 g/mol. The first-order valence-electron chi connectivity index (χ1n) is 3.95. The second kappa shape index (κ2) is 13.5. The lowest BCUT2D eigenvalue weighted by atomic mass is 10.5. The van der Waals surface area contributed by atoms with Gasteiger partial charge in [0.15, 0.2) is 0 Å². The van der Waals surface area contributed by atoms with Crippen LogP contribution in [0.15, 0.2) is 0 Å². The summed E-state index contributed by atoms with van der Waals surface area (Å²) in [4.78, 5) is 19.6. The van der Waals surface area contributed by atoms with Gasteiger partial charge in [-0.1, -0.05) is 21.3 Å². The van der Waals surface area contributed by atoms with Gasteiger partial charge in [-0.3, -0.25) is 9.59 Å². The fourth-order valence-corrected chi connectivity index (χ4v) is 0.263. The number of carbonyl (C=O) groups excluding carboxylic acids is 1. The van der Waals surface area contributed by atoms with Crippen molar-refractivity contribution in [3.05, 3.63) is 0 Å². The highest BCUT2D eigenvalue weighted by atomic mass is 16.5. The minimum atomic E-state index is -0.745. The summed E-state index contributed by atoms with van der Waals surface area (Å²) in [6, 6.07) is 0. The van der Waals surface area contributed by atoms with E-state index >= 15 is 0 Å². The molecule has 13 heavy (non-hydrogen) atoms. The van der Waals surface area contributed by atoms with Crippen molar-refractivity contribution in [1.82, 2.24) is 0 Å².